The second kappa shape index (κ2) is 8.66. The van der Waals surface area contributed by atoms with E-state index >= 15 is 0 Å². The number of sulfonamides is 1. The Bertz CT molecular complexity index is 1310. The molecule has 1 aliphatic heterocycles. The van der Waals surface area contributed by atoms with Gasteiger partial charge in [0.25, 0.3) is 10.0 Å². The van der Waals surface area contributed by atoms with Gasteiger partial charge < -0.3 is 9.88 Å². The number of hydrogen-bond acceptors (Lipinski definition) is 4. The van der Waals surface area contributed by atoms with Crippen molar-refractivity contribution >= 4 is 15.7 Å². The van der Waals surface area contributed by atoms with Crippen molar-refractivity contribution in [2.75, 3.05) is 18.4 Å². The van der Waals surface area contributed by atoms with E-state index in [0.717, 1.165) is 6.07 Å². The van der Waals surface area contributed by atoms with Gasteiger partial charge in [0, 0.05) is 37.8 Å². The van der Waals surface area contributed by atoms with E-state index < -0.39 is 45.4 Å². The summed E-state index contributed by atoms with van der Waals surface area (Å²) < 4.78 is 96.0. The molecule has 0 radical (unpaired) electrons. The molecule has 0 saturated carbocycles. The van der Waals surface area contributed by atoms with E-state index in [1.54, 1.807) is 14.0 Å². The summed E-state index contributed by atoms with van der Waals surface area (Å²) >= 11 is 0. The molecule has 2 unspecified atom stereocenters. The van der Waals surface area contributed by atoms with Crippen LogP contribution in [0.2, 0.25) is 0 Å². The van der Waals surface area contributed by atoms with Crippen LogP contribution in [0.25, 0.3) is 0 Å². The molecule has 1 N–H and O–H groups in total. The normalized spacial score (nSPS) is 19.5. The van der Waals surface area contributed by atoms with E-state index in [1.165, 1.54) is 39.3 Å². The molecular weight excluding hydrogens is 479 g/mol. The Balaban J connectivity index is 1.69. The molecule has 4 rings (SSSR count). The van der Waals surface area contributed by atoms with Gasteiger partial charge in [0.1, 0.15) is 17.5 Å². The van der Waals surface area contributed by atoms with Crippen LogP contribution in [-0.4, -0.2) is 41.4 Å². The smallest absolute Gasteiger partial charge is 0.380 e. The van der Waals surface area contributed by atoms with Gasteiger partial charge in [-0.3, -0.25) is 0 Å². The van der Waals surface area contributed by atoms with Crippen molar-refractivity contribution in [2.24, 2.45) is 7.05 Å². The van der Waals surface area contributed by atoms with Crippen molar-refractivity contribution in [2.45, 2.75) is 30.1 Å². The van der Waals surface area contributed by atoms with E-state index in [-0.39, 0.29) is 23.8 Å². The van der Waals surface area contributed by atoms with Crippen molar-refractivity contribution in [1.29, 1.82) is 0 Å². The number of anilines is 1. The molecule has 3 aromatic rings. The lowest BCUT2D eigenvalue weighted by Gasteiger charge is -2.22. The van der Waals surface area contributed by atoms with Gasteiger partial charge in [0.2, 0.25) is 0 Å². The number of rotatable bonds is 5. The van der Waals surface area contributed by atoms with Crippen LogP contribution in [0.5, 0.6) is 0 Å². The molecular formula is C22H21F5N4O2S. The third-order valence-corrected chi connectivity index (χ3v) is 7.88. The average Bonchev–Trinajstić information content (AvgIpc) is 3.33. The van der Waals surface area contributed by atoms with Gasteiger partial charge in [0.15, 0.2) is 5.03 Å². The van der Waals surface area contributed by atoms with Gasteiger partial charge in [-0.15, -0.1) is 0 Å². The third kappa shape index (κ3) is 4.51. The zero-order chi connectivity index (χ0) is 24.8. The van der Waals surface area contributed by atoms with Gasteiger partial charge in [-0.25, -0.2) is 22.2 Å². The summed E-state index contributed by atoms with van der Waals surface area (Å²) in [6.07, 6.45) is -3.64. The number of imidazole rings is 1. The van der Waals surface area contributed by atoms with Crippen molar-refractivity contribution in [3.05, 3.63) is 77.2 Å². The van der Waals surface area contributed by atoms with E-state index in [4.69, 9.17) is 0 Å². The second-order valence-corrected chi connectivity index (χ2v) is 10.0. The van der Waals surface area contributed by atoms with Crippen molar-refractivity contribution in [3.63, 3.8) is 0 Å². The Morgan fingerprint density at radius 1 is 1.06 bits per heavy atom. The molecule has 182 valence electrons. The molecule has 6 nitrogen and oxygen atoms in total. The predicted molar refractivity (Wildman–Crippen MR) is 115 cm³/mol. The molecule has 0 spiro atoms. The van der Waals surface area contributed by atoms with Crippen molar-refractivity contribution < 1.29 is 30.4 Å². The number of aryl methyl sites for hydroxylation is 1. The summed E-state index contributed by atoms with van der Waals surface area (Å²) in [6, 6.07) is 7.32. The number of hydrogen-bond donors (Lipinski definition) is 1. The zero-order valence-electron chi connectivity index (χ0n) is 18.1. The summed E-state index contributed by atoms with van der Waals surface area (Å²) in [5.41, 5.74) is -0.832. The molecule has 1 fully saturated rings. The SMILES string of the molecule is Cc1ncc(S(=O)(=O)N2CC(Nc3ccc(F)c(C(F)(F)F)c3)C(c3ccc(F)cc3)C2)n1C. The first-order valence-electron chi connectivity index (χ1n) is 10.2. The number of nitrogens with one attached hydrogen (secondary N) is 1. The molecule has 2 atom stereocenters. The van der Waals surface area contributed by atoms with Crippen LogP contribution >= 0.6 is 0 Å². The van der Waals surface area contributed by atoms with Crippen molar-refractivity contribution in [3.8, 4) is 0 Å². The van der Waals surface area contributed by atoms with E-state index in [0.29, 0.717) is 23.5 Å². The molecule has 0 bridgehead atoms. The van der Waals surface area contributed by atoms with E-state index in [1.807, 2.05) is 0 Å². The monoisotopic (exact) mass is 500 g/mol. The van der Waals surface area contributed by atoms with Gasteiger partial charge in [-0.1, -0.05) is 12.1 Å². The maximum Gasteiger partial charge on any atom is 0.419 e. The molecule has 0 amide bonds. The van der Waals surface area contributed by atoms with Crippen LogP contribution in [0, 0.1) is 18.6 Å². The standard InChI is InChI=1S/C22H21F5N4O2S/c1-13-28-10-21(30(13)2)34(32,33)31-11-17(14-3-5-15(23)6-4-14)20(12-31)29-16-7-8-19(24)18(9-16)22(25,26)27/h3-10,17,20,29H,11-12H2,1-2H3. The fourth-order valence-corrected chi connectivity index (χ4v) is 5.70. The zero-order valence-corrected chi connectivity index (χ0v) is 19.0. The first-order valence-corrected chi connectivity index (χ1v) is 11.7. The largest absolute Gasteiger partial charge is 0.419 e. The summed E-state index contributed by atoms with van der Waals surface area (Å²) in [6.45, 7) is 1.58. The average molecular weight is 500 g/mol. The lowest BCUT2D eigenvalue weighted by atomic mass is 9.94. The third-order valence-electron chi connectivity index (χ3n) is 5.99. The highest BCUT2D eigenvalue weighted by molar-refractivity contribution is 7.89. The quantitative estimate of drug-likeness (QED) is 0.531. The molecule has 34 heavy (non-hydrogen) atoms. The van der Waals surface area contributed by atoms with Gasteiger partial charge in [-0.2, -0.15) is 17.5 Å². The maximum absolute atomic E-state index is 13.7. The second-order valence-electron chi connectivity index (χ2n) is 8.13. The topological polar surface area (TPSA) is 67.2 Å². The van der Waals surface area contributed by atoms with E-state index in [2.05, 4.69) is 10.3 Å². The van der Waals surface area contributed by atoms with Gasteiger partial charge in [-0.05, 0) is 42.8 Å². The fourth-order valence-electron chi connectivity index (χ4n) is 4.06. The Kier molecular flexibility index (Phi) is 6.15. The Labute approximate surface area is 193 Å². The Morgan fingerprint density at radius 3 is 2.32 bits per heavy atom. The van der Waals surface area contributed by atoms with Crippen LogP contribution in [-0.2, 0) is 23.2 Å². The molecule has 2 aromatic carbocycles. The van der Waals surface area contributed by atoms with Crippen LogP contribution in [0.15, 0.2) is 53.7 Å². The van der Waals surface area contributed by atoms with Crippen LogP contribution in [0.3, 0.4) is 0 Å². The highest BCUT2D eigenvalue weighted by Gasteiger charge is 2.42. The first kappa shape index (κ1) is 24.1. The lowest BCUT2D eigenvalue weighted by molar-refractivity contribution is -0.139. The molecule has 1 saturated heterocycles. The van der Waals surface area contributed by atoms with Crippen LogP contribution < -0.4 is 5.32 Å². The summed E-state index contributed by atoms with van der Waals surface area (Å²) in [5, 5.41) is 2.90. The van der Waals surface area contributed by atoms with E-state index in [9.17, 15) is 30.4 Å². The lowest BCUT2D eigenvalue weighted by Crippen LogP contribution is -2.33. The minimum Gasteiger partial charge on any atom is -0.380 e. The number of nitrogens with zero attached hydrogens (tertiary/aromatic N) is 3. The van der Waals surface area contributed by atoms with Crippen LogP contribution in [0.1, 0.15) is 22.9 Å². The van der Waals surface area contributed by atoms with Crippen molar-refractivity contribution in [1.82, 2.24) is 13.9 Å². The number of alkyl halides is 3. The molecule has 2 heterocycles. The Morgan fingerprint density at radius 2 is 1.74 bits per heavy atom. The van der Waals surface area contributed by atoms with Crippen LogP contribution in [0.4, 0.5) is 27.6 Å². The number of halogens is 5. The first-order chi connectivity index (χ1) is 15.9. The molecule has 12 heteroatoms. The molecule has 1 aromatic heterocycles. The van der Waals surface area contributed by atoms with Gasteiger partial charge >= 0.3 is 6.18 Å². The minimum absolute atomic E-state index is 0.00316. The fraction of sp³-hybridized carbons (Fsp3) is 0.318. The minimum atomic E-state index is -4.89. The number of aromatic nitrogens is 2. The maximum atomic E-state index is 13.7. The summed E-state index contributed by atoms with van der Waals surface area (Å²) in [7, 11) is -2.42. The predicted octanol–water partition coefficient (Wildman–Crippen LogP) is 4.29. The summed E-state index contributed by atoms with van der Waals surface area (Å²) in [4.78, 5) is 4.03. The summed E-state index contributed by atoms with van der Waals surface area (Å²) in [5.74, 6) is -1.90. The van der Waals surface area contributed by atoms with Gasteiger partial charge in [0.05, 0.1) is 11.8 Å². The highest BCUT2D eigenvalue weighted by Crippen LogP contribution is 2.36. The highest BCUT2D eigenvalue weighted by atomic mass is 32.2. The molecule has 1 aliphatic rings. The number of benzene rings is 2. The molecule has 0 aliphatic carbocycles. The Hall–Kier alpha value is -2.99.